The molecule has 122 valence electrons. The van der Waals surface area contributed by atoms with Gasteiger partial charge in [0.25, 0.3) is 0 Å². The lowest BCUT2D eigenvalue weighted by Gasteiger charge is -2.00. The number of carbonyl (C=O) groups is 4. The molecule has 0 aromatic rings. The van der Waals surface area contributed by atoms with Crippen LogP contribution in [0.2, 0.25) is 0 Å². The predicted molar refractivity (Wildman–Crippen MR) is 73.9 cm³/mol. The van der Waals surface area contributed by atoms with Crippen LogP contribution in [0.4, 0.5) is 0 Å². The van der Waals surface area contributed by atoms with Crippen LogP contribution in [-0.4, -0.2) is 46.9 Å². The average molecular weight is 314 g/mol. The van der Waals surface area contributed by atoms with Gasteiger partial charge in [0.15, 0.2) is 11.6 Å². The van der Waals surface area contributed by atoms with Gasteiger partial charge in [0.05, 0.1) is 13.2 Å². The summed E-state index contributed by atoms with van der Waals surface area (Å²) in [5, 5.41) is 18.5. The van der Waals surface area contributed by atoms with E-state index in [0.717, 1.165) is 0 Å². The Morgan fingerprint density at radius 3 is 1.36 bits per heavy atom. The second kappa shape index (κ2) is 10.1. The number of aliphatic hydroxyl groups is 2. The lowest BCUT2D eigenvalue weighted by molar-refractivity contribution is -0.142. The molecule has 2 N–H and O–H groups in total. The highest BCUT2D eigenvalue weighted by Crippen LogP contribution is 2.02. The molecule has 8 heteroatoms. The fourth-order valence-corrected chi connectivity index (χ4v) is 1.22. The number of ether oxygens (including phenoxy) is 2. The lowest BCUT2D eigenvalue weighted by atomic mass is 10.1. The minimum Gasteiger partial charge on any atom is -0.502 e. The molecule has 8 nitrogen and oxygen atoms in total. The van der Waals surface area contributed by atoms with Gasteiger partial charge in [0, 0.05) is 25.0 Å². The molecule has 0 aliphatic carbocycles. The first-order valence-corrected chi connectivity index (χ1v) is 6.53. The second-order valence-corrected chi connectivity index (χ2v) is 3.93. The quantitative estimate of drug-likeness (QED) is 0.365. The normalized spacial score (nSPS) is 11.7. The second-order valence-electron chi connectivity index (χ2n) is 3.93. The maximum absolute atomic E-state index is 11.4. The molecular weight excluding hydrogens is 296 g/mol. The molecule has 0 rings (SSSR count). The maximum atomic E-state index is 11.4. The highest BCUT2D eigenvalue weighted by molar-refractivity contribution is 6.02. The van der Waals surface area contributed by atoms with Crippen LogP contribution in [0.15, 0.2) is 23.7 Å². The van der Waals surface area contributed by atoms with Crippen molar-refractivity contribution in [3.8, 4) is 0 Å². The van der Waals surface area contributed by atoms with Gasteiger partial charge in [0.2, 0.25) is 11.5 Å². The number of aliphatic hydroxyl groups excluding tert-OH is 2. The van der Waals surface area contributed by atoms with Crippen molar-refractivity contribution < 1.29 is 38.9 Å². The van der Waals surface area contributed by atoms with E-state index in [2.05, 4.69) is 9.47 Å². The molecule has 0 aliphatic rings. The zero-order valence-electron chi connectivity index (χ0n) is 12.3. The summed E-state index contributed by atoms with van der Waals surface area (Å²) in [5.74, 6) is -5.15. The van der Waals surface area contributed by atoms with Gasteiger partial charge in [-0.15, -0.1) is 0 Å². The predicted octanol–water partition coefficient (Wildman–Crippen LogP) is 0.915. The zero-order valence-corrected chi connectivity index (χ0v) is 12.3. The van der Waals surface area contributed by atoms with Gasteiger partial charge < -0.3 is 19.7 Å². The minimum atomic E-state index is -1.04. The van der Waals surface area contributed by atoms with E-state index < -0.39 is 35.0 Å². The van der Waals surface area contributed by atoms with E-state index in [-0.39, 0.29) is 26.1 Å². The van der Waals surface area contributed by atoms with Gasteiger partial charge in [0.1, 0.15) is 0 Å². The molecule has 0 saturated carbocycles. The van der Waals surface area contributed by atoms with Crippen molar-refractivity contribution in [3.05, 3.63) is 23.7 Å². The molecule has 0 bridgehead atoms. The molecule has 0 amide bonds. The number of rotatable bonds is 9. The number of hydrogen-bond donors (Lipinski definition) is 2. The number of ketones is 2. The summed E-state index contributed by atoms with van der Waals surface area (Å²) in [6.07, 6.45) is 0.685. The molecule has 0 aromatic carbocycles. The summed E-state index contributed by atoms with van der Waals surface area (Å²) in [4.78, 5) is 44.9. The van der Waals surface area contributed by atoms with Crippen molar-refractivity contribution >= 4 is 23.5 Å². The zero-order chi connectivity index (χ0) is 17.1. The lowest BCUT2D eigenvalue weighted by Crippen LogP contribution is -2.11. The maximum Gasteiger partial charge on any atom is 0.373 e. The summed E-state index contributed by atoms with van der Waals surface area (Å²) >= 11 is 0. The van der Waals surface area contributed by atoms with Crippen molar-refractivity contribution in [3.63, 3.8) is 0 Å². The van der Waals surface area contributed by atoms with E-state index in [0.29, 0.717) is 12.2 Å². The Hall–Kier alpha value is -2.64. The molecule has 0 radical (unpaired) electrons. The Balaban J connectivity index is 4.44. The highest BCUT2D eigenvalue weighted by atomic mass is 16.5. The molecule has 0 aromatic heterocycles. The van der Waals surface area contributed by atoms with Gasteiger partial charge >= 0.3 is 11.9 Å². The Bertz CT molecular complexity index is 455. The number of allylic oxidation sites excluding steroid dienone is 2. The molecule has 0 aliphatic heterocycles. The standard InChI is InChI=1S/C14H18O8/c1-3-21-13(19)11(17)7-9(15)5-6-10(16)8-12(18)14(20)22-4-2/h7-8,17-18H,3-6H2,1-2H3/b11-7-,12-8-. The molecule has 0 saturated heterocycles. The van der Waals surface area contributed by atoms with Gasteiger partial charge in [-0.3, -0.25) is 9.59 Å². The Kier molecular flexibility index (Phi) is 8.92. The number of carbonyl (C=O) groups excluding carboxylic acids is 4. The average Bonchev–Trinajstić information content (AvgIpc) is 2.45. The van der Waals surface area contributed by atoms with Crippen LogP contribution in [0.25, 0.3) is 0 Å². The van der Waals surface area contributed by atoms with E-state index in [1.807, 2.05) is 0 Å². The molecule has 0 unspecified atom stereocenters. The smallest absolute Gasteiger partial charge is 0.373 e. The van der Waals surface area contributed by atoms with E-state index in [4.69, 9.17) is 0 Å². The Morgan fingerprint density at radius 2 is 1.09 bits per heavy atom. The number of esters is 2. The topological polar surface area (TPSA) is 127 Å². The van der Waals surface area contributed by atoms with Gasteiger partial charge in [-0.25, -0.2) is 9.59 Å². The van der Waals surface area contributed by atoms with Crippen molar-refractivity contribution in [2.75, 3.05) is 13.2 Å². The molecular formula is C14H18O8. The van der Waals surface area contributed by atoms with Crippen molar-refractivity contribution in [2.45, 2.75) is 26.7 Å². The van der Waals surface area contributed by atoms with E-state index >= 15 is 0 Å². The number of hydrogen-bond acceptors (Lipinski definition) is 8. The van der Waals surface area contributed by atoms with E-state index in [1.54, 1.807) is 0 Å². The molecule has 22 heavy (non-hydrogen) atoms. The van der Waals surface area contributed by atoms with Crippen molar-refractivity contribution in [1.82, 2.24) is 0 Å². The first-order chi connectivity index (χ1) is 10.3. The summed E-state index contributed by atoms with van der Waals surface area (Å²) in [7, 11) is 0. The van der Waals surface area contributed by atoms with Crippen LogP contribution in [0, 0.1) is 0 Å². The molecule has 0 atom stereocenters. The molecule has 0 heterocycles. The van der Waals surface area contributed by atoms with Crippen molar-refractivity contribution in [1.29, 1.82) is 0 Å². The summed E-state index contributed by atoms with van der Waals surface area (Å²) in [5.41, 5.74) is 0. The third-order valence-corrected chi connectivity index (χ3v) is 2.18. The largest absolute Gasteiger partial charge is 0.502 e. The van der Waals surface area contributed by atoms with Crippen LogP contribution >= 0.6 is 0 Å². The monoisotopic (exact) mass is 314 g/mol. The first kappa shape index (κ1) is 19.4. The third kappa shape index (κ3) is 7.83. The van der Waals surface area contributed by atoms with Crippen LogP contribution in [-0.2, 0) is 28.7 Å². The van der Waals surface area contributed by atoms with Gasteiger partial charge in [-0.2, -0.15) is 0 Å². The minimum absolute atomic E-state index is 0.0430. The molecule has 0 spiro atoms. The Morgan fingerprint density at radius 1 is 0.773 bits per heavy atom. The van der Waals surface area contributed by atoms with Crippen LogP contribution < -0.4 is 0 Å². The van der Waals surface area contributed by atoms with Crippen LogP contribution in [0.5, 0.6) is 0 Å². The van der Waals surface area contributed by atoms with E-state index in [1.165, 1.54) is 13.8 Å². The van der Waals surface area contributed by atoms with Crippen LogP contribution in [0.3, 0.4) is 0 Å². The van der Waals surface area contributed by atoms with Gasteiger partial charge in [-0.05, 0) is 13.8 Å². The Labute approximate surface area is 127 Å². The fraction of sp³-hybridized carbons (Fsp3) is 0.429. The summed E-state index contributed by atoms with van der Waals surface area (Å²) in [6.45, 7) is 3.16. The highest BCUT2D eigenvalue weighted by Gasteiger charge is 2.13. The van der Waals surface area contributed by atoms with Crippen LogP contribution in [0.1, 0.15) is 26.7 Å². The van der Waals surface area contributed by atoms with Crippen molar-refractivity contribution in [2.24, 2.45) is 0 Å². The summed E-state index contributed by atoms with van der Waals surface area (Å²) in [6, 6.07) is 0. The fourth-order valence-electron chi connectivity index (χ4n) is 1.22. The SMILES string of the molecule is CCOC(=O)/C(O)=C/C(=O)CCC(=O)/C=C(\O)C(=O)OCC. The van der Waals surface area contributed by atoms with E-state index in [9.17, 15) is 29.4 Å². The first-order valence-electron chi connectivity index (χ1n) is 6.53. The molecule has 0 fully saturated rings. The summed E-state index contributed by atoms with van der Waals surface area (Å²) < 4.78 is 8.92. The third-order valence-electron chi connectivity index (χ3n) is 2.18. The van der Waals surface area contributed by atoms with Gasteiger partial charge in [-0.1, -0.05) is 0 Å².